The molecule has 1 aliphatic rings. The summed E-state index contributed by atoms with van der Waals surface area (Å²) in [4.78, 5) is 15.1. The molecule has 0 N–H and O–H groups in total. The Hall–Kier alpha value is -2.60. The maximum atomic E-state index is 13.2. The first kappa shape index (κ1) is 19.7. The smallest absolute Gasteiger partial charge is 0.231 e. The van der Waals surface area contributed by atoms with Crippen molar-refractivity contribution in [2.45, 2.75) is 50.5 Å². The number of fused-ring (bicyclic) bond motifs is 2. The predicted molar refractivity (Wildman–Crippen MR) is 114 cm³/mol. The Labute approximate surface area is 171 Å². The van der Waals surface area contributed by atoms with Crippen molar-refractivity contribution in [3.05, 3.63) is 59.4 Å². The van der Waals surface area contributed by atoms with Crippen LogP contribution in [-0.4, -0.2) is 26.6 Å². The number of carbonyl (C=O) groups is 1. The van der Waals surface area contributed by atoms with Gasteiger partial charge in [0.1, 0.15) is 5.58 Å². The molecule has 4 rings (SSSR count). The normalized spacial score (nSPS) is 13.8. The van der Waals surface area contributed by atoms with E-state index in [0.717, 1.165) is 29.4 Å². The molecule has 0 spiro atoms. The molecule has 0 aliphatic heterocycles. The number of sulfone groups is 1. The topological polar surface area (TPSA) is 67.6 Å². The first-order valence-electron chi connectivity index (χ1n) is 9.88. The van der Waals surface area contributed by atoms with E-state index in [1.165, 1.54) is 23.8 Å². The highest BCUT2D eigenvalue weighted by molar-refractivity contribution is 7.90. The predicted octanol–water partition coefficient (Wildman–Crippen LogP) is 4.31. The molecule has 2 aromatic carbocycles. The molecule has 1 aliphatic carbocycles. The van der Waals surface area contributed by atoms with Crippen molar-refractivity contribution in [3.8, 4) is 0 Å². The SMILES string of the molecule is CC(C)N(C(=O)Cc1coc2cc3c(cc12)CCC3)c1ccc(S(C)(=O)=O)cc1. The van der Waals surface area contributed by atoms with Crippen LogP contribution < -0.4 is 4.90 Å². The quantitative estimate of drug-likeness (QED) is 0.627. The van der Waals surface area contributed by atoms with Crippen molar-refractivity contribution >= 4 is 32.4 Å². The number of benzene rings is 2. The molecule has 1 heterocycles. The van der Waals surface area contributed by atoms with Gasteiger partial charge in [0.05, 0.1) is 17.6 Å². The number of anilines is 1. The summed E-state index contributed by atoms with van der Waals surface area (Å²) < 4.78 is 29.2. The molecule has 1 amide bonds. The lowest BCUT2D eigenvalue weighted by Gasteiger charge is -2.27. The van der Waals surface area contributed by atoms with E-state index >= 15 is 0 Å². The molecule has 0 fully saturated rings. The highest BCUT2D eigenvalue weighted by atomic mass is 32.2. The van der Waals surface area contributed by atoms with Gasteiger partial charge in [-0.05, 0) is 80.6 Å². The molecule has 0 unspecified atom stereocenters. The second-order valence-electron chi connectivity index (χ2n) is 8.03. The van der Waals surface area contributed by atoms with Crippen LogP contribution in [0.5, 0.6) is 0 Å². The zero-order valence-corrected chi connectivity index (χ0v) is 17.8. The van der Waals surface area contributed by atoms with Gasteiger partial charge in [0.15, 0.2) is 9.84 Å². The monoisotopic (exact) mass is 411 g/mol. The summed E-state index contributed by atoms with van der Waals surface area (Å²) in [7, 11) is -3.27. The van der Waals surface area contributed by atoms with Gasteiger partial charge in [0.2, 0.25) is 5.91 Å². The lowest BCUT2D eigenvalue weighted by Crippen LogP contribution is -2.38. The van der Waals surface area contributed by atoms with Crippen molar-refractivity contribution in [3.63, 3.8) is 0 Å². The molecule has 6 heteroatoms. The summed E-state index contributed by atoms with van der Waals surface area (Å²) >= 11 is 0. The molecule has 3 aromatic rings. The van der Waals surface area contributed by atoms with E-state index in [1.807, 2.05) is 13.8 Å². The highest BCUT2D eigenvalue weighted by Crippen LogP contribution is 2.31. The number of aryl methyl sites for hydroxylation is 2. The summed E-state index contributed by atoms with van der Waals surface area (Å²) in [6, 6.07) is 10.7. The van der Waals surface area contributed by atoms with Crippen LogP contribution in [0.1, 0.15) is 37.0 Å². The second kappa shape index (κ2) is 7.34. The first-order valence-corrected chi connectivity index (χ1v) is 11.8. The second-order valence-corrected chi connectivity index (χ2v) is 10.0. The van der Waals surface area contributed by atoms with E-state index in [4.69, 9.17) is 4.42 Å². The number of furan rings is 1. The minimum atomic E-state index is -3.27. The average molecular weight is 412 g/mol. The van der Waals surface area contributed by atoms with Gasteiger partial charge in [-0.25, -0.2) is 8.42 Å². The van der Waals surface area contributed by atoms with E-state index in [1.54, 1.807) is 35.4 Å². The summed E-state index contributed by atoms with van der Waals surface area (Å²) in [5.74, 6) is -0.0460. The molecular formula is C23H25NO4S. The first-order chi connectivity index (χ1) is 13.7. The van der Waals surface area contributed by atoms with Crippen molar-refractivity contribution in [1.29, 1.82) is 0 Å². The molecule has 152 valence electrons. The van der Waals surface area contributed by atoms with Crippen LogP contribution in [0.3, 0.4) is 0 Å². The summed E-state index contributed by atoms with van der Waals surface area (Å²) in [5.41, 5.74) is 5.11. The summed E-state index contributed by atoms with van der Waals surface area (Å²) in [6.45, 7) is 3.89. The Morgan fingerprint density at radius 1 is 1.10 bits per heavy atom. The fourth-order valence-corrected chi connectivity index (χ4v) is 4.75. The average Bonchev–Trinajstić information content (AvgIpc) is 3.26. The Kier molecular flexibility index (Phi) is 4.99. The van der Waals surface area contributed by atoms with Crippen LogP contribution >= 0.6 is 0 Å². The largest absolute Gasteiger partial charge is 0.464 e. The third kappa shape index (κ3) is 3.81. The van der Waals surface area contributed by atoms with Crippen LogP contribution in [0, 0.1) is 0 Å². The third-order valence-electron chi connectivity index (χ3n) is 5.54. The lowest BCUT2D eigenvalue weighted by atomic mass is 10.0. The molecule has 0 atom stereocenters. The Bertz CT molecular complexity index is 1170. The van der Waals surface area contributed by atoms with Gasteiger partial charge < -0.3 is 9.32 Å². The van der Waals surface area contributed by atoms with Gasteiger partial charge >= 0.3 is 0 Å². The molecule has 29 heavy (non-hydrogen) atoms. The van der Waals surface area contributed by atoms with Crippen LogP contribution in [0.15, 0.2) is 52.0 Å². The lowest BCUT2D eigenvalue weighted by molar-refractivity contribution is -0.118. The number of carbonyl (C=O) groups excluding carboxylic acids is 1. The van der Waals surface area contributed by atoms with E-state index < -0.39 is 9.84 Å². The number of hydrogen-bond acceptors (Lipinski definition) is 4. The van der Waals surface area contributed by atoms with Gasteiger partial charge in [0.25, 0.3) is 0 Å². The van der Waals surface area contributed by atoms with Gasteiger partial charge in [-0.2, -0.15) is 0 Å². The van der Waals surface area contributed by atoms with E-state index in [-0.39, 0.29) is 23.3 Å². The van der Waals surface area contributed by atoms with Gasteiger partial charge in [0, 0.05) is 28.9 Å². The Morgan fingerprint density at radius 2 is 1.76 bits per heavy atom. The van der Waals surface area contributed by atoms with Crippen LogP contribution in [0.25, 0.3) is 11.0 Å². The maximum Gasteiger partial charge on any atom is 0.231 e. The molecule has 5 nitrogen and oxygen atoms in total. The third-order valence-corrected chi connectivity index (χ3v) is 6.67. The minimum absolute atomic E-state index is 0.0460. The Balaban J connectivity index is 1.62. The van der Waals surface area contributed by atoms with Crippen molar-refractivity contribution in [1.82, 2.24) is 0 Å². The minimum Gasteiger partial charge on any atom is -0.464 e. The van der Waals surface area contributed by atoms with Crippen LogP contribution in [0.4, 0.5) is 5.69 Å². The number of nitrogens with zero attached hydrogens (tertiary/aromatic N) is 1. The van der Waals surface area contributed by atoms with Crippen LogP contribution in [0.2, 0.25) is 0 Å². The van der Waals surface area contributed by atoms with Gasteiger partial charge in [-0.15, -0.1) is 0 Å². The summed E-state index contributed by atoms with van der Waals surface area (Å²) in [5, 5.41) is 1.01. The standard InChI is InChI=1S/C23H25NO4S/c1-15(2)24(19-7-9-20(10-8-19)29(3,26)27)23(25)13-18-14-28-22-12-17-6-4-5-16(17)11-21(18)22/h7-12,14-15H,4-6,13H2,1-3H3. The number of rotatable bonds is 5. The number of amides is 1. The van der Waals surface area contributed by atoms with E-state index in [0.29, 0.717) is 5.69 Å². The molecule has 0 radical (unpaired) electrons. The summed E-state index contributed by atoms with van der Waals surface area (Å²) in [6.07, 6.45) is 6.43. The van der Waals surface area contributed by atoms with Gasteiger partial charge in [-0.1, -0.05) is 0 Å². The van der Waals surface area contributed by atoms with Crippen LogP contribution in [-0.2, 0) is 33.9 Å². The van der Waals surface area contributed by atoms with Crippen molar-refractivity contribution in [2.24, 2.45) is 0 Å². The fourth-order valence-electron chi connectivity index (χ4n) is 4.12. The number of hydrogen-bond donors (Lipinski definition) is 0. The maximum absolute atomic E-state index is 13.2. The zero-order valence-electron chi connectivity index (χ0n) is 16.9. The molecule has 0 saturated carbocycles. The molecule has 0 bridgehead atoms. The van der Waals surface area contributed by atoms with Gasteiger partial charge in [-0.3, -0.25) is 4.79 Å². The van der Waals surface area contributed by atoms with E-state index in [2.05, 4.69) is 12.1 Å². The molecular weight excluding hydrogens is 386 g/mol. The highest BCUT2D eigenvalue weighted by Gasteiger charge is 2.23. The van der Waals surface area contributed by atoms with Crippen molar-refractivity contribution in [2.75, 3.05) is 11.2 Å². The molecule has 0 saturated heterocycles. The fraction of sp³-hybridized carbons (Fsp3) is 0.348. The van der Waals surface area contributed by atoms with E-state index in [9.17, 15) is 13.2 Å². The Morgan fingerprint density at radius 3 is 2.38 bits per heavy atom. The molecule has 1 aromatic heterocycles. The van der Waals surface area contributed by atoms with Crippen molar-refractivity contribution < 1.29 is 17.6 Å². The zero-order chi connectivity index (χ0) is 20.8.